The number of amides is 1. The van der Waals surface area contributed by atoms with Gasteiger partial charge in [-0.1, -0.05) is 47.7 Å². The normalized spacial score (nSPS) is 16.8. The molecule has 3 rings (SSSR count). The molecule has 1 aliphatic heterocycles. The van der Waals surface area contributed by atoms with Crippen molar-refractivity contribution in [3.8, 4) is 0 Å². The molecular formula is C15H9ClN2OS2. The van der Waals surface area contributed by atoms with E-state index in [1.807, 2.05) is 18.2 Å². The van der Waals surface area contributed by atoms with E-state index in [1.54, 1.807) is 36.7 Å². The number of anilines is 1. The van der Waals surface area contributed by atoms with E-state index in [0.29, 0.717) is 19.9 Å². The van der Waals surface area contributed by atoms with Crippen LogP contribution < -0.4 is 4.90 Å². The van der Waals surface area contributed by atoms with Gasteiger partial charge in [-0.25, -0.2) is 0 Å². The summed E-state index contributed by atoms with van der Waals surface area (Å²) in [4.78, 5) is 18.6. The Kier molecular flexibility index (Phi) is 4.05. The SMILES string of the molecule is O=C1C(=Cc2cccnc2)SC(=S)N1c1cccc(Cl)c1. The number of pyridine rings is 1. The van der Waals surface area contributed by atoms with Crippen LogP contribution in [-0.2, 0) is 4.79 Å². The Morgan fingerprint density at radius 3 is 2.86 bits per heavy atom. The molecule has 2 aromatic rings. The van der Waals surface area contributed by atoms with Crippen molar-refractivity contribution in [3.63, 3.8) is 0 Å². The van der Waals surface area contributed by atoms with Crippen molar-refractivity contribution < 1.29 is 4.79 Å². The Hall–Kier alpha value is -1.69. The summed E-state index contributed by atoms with van der Waals surface area (Å²) >= 11 is 12.6. The number of halogens is 1. The molecule has 2 heterocycles. The lowest BCUT2D eigenvalue weighted by atomic mass is 10.2. The van der Waals surface area contributed by atoms with E-state index in [-0.39, 0.29) is 5.91 Å². The minimum Gasteiger partial charge on any atom is -0.268 e. The number of hydrogen-bond acceptors (Lipinski definition) is 4. The summed E-state index contributed by atoms with van der Waals surface area (Å²) in [6, 6.07) is 10.8. The van der Waals surface area contributed by atoms with E-state index in [0.717, 1.165) is 5.56 Å². The molecule has 0 radical (unpaired) electrons. The molecule has 0 aliphatic carbocycles. The predicted molar refractivity (Wildman–Crippen MR) is 91.3 cm³/mol. The first-order valence-electron chi connectivity index (χ1n) is 6.09. The van der Waals surface area contributed by atoms with Gasteiger partial charge in [0.05, 0.1) is 10.6 Å². The van der Waals surface area contributed by atoms with E-state index in [9.17, 15) is 4.79 Å². The fourth-order valence-corrected chi connectivity index (χ4v) is 3.40. The van der Waals surface area contributed by atoms with Gasteiger partial charge in [0.1, 0.15) is 0 Å². The molecule has 0 atom stereocenters. The number of nitrogens with zero attached hydrogens (tertiary/aromatic N) is 2. The number of thiocarbonyl (C=S) groups is 1. The van der Waals surface area contributed by atoms with Gasteiger partial charge in [0, 0.05) is 17.4 Å². The predicted octanol–water partition coefficient (Wildman–Crippen LogP) is 4.14. The first kappa shape index (κ1) is 14.3. The van der Waals surface area contributed by atoms with Gasteiger partial charge in [-0.15, -0.1) is 0 Å². The zero-order valence-corrected chi connectivity index (χ0v) is 13.1. The number of benzene rings is 1. The van der Waals surface area contributed by atoms with Crippen LogP contribution in [0.3, 0.4) is 0 Å². The Morgan fingerprint density at radius 2 is 2.14 bits per heavy atom. The quantitative estimate of drug-likeness (QED) is 0.611. The zero-order chi connectivity index (χ0) is 14.8. The van der Waals surface area contributed by atoms with Crippen molar-refractivity contribution in [1.29, 1.82) is 0 Å². The van der Waals surface area contributed by atoms with Crippen LogP contribution in [0.5, 0.6) is 0 Å². The summed E-state index contributed by atoms with van der Waals surface area (Å²) < 4.78 is 0.498. The van der Waals surface area contributed by atoms with E-state index >= 15 is 0 Å². The maximum Gasteiger partial charge on any atom is 0.270 e. The van der Waals surface area contributed by atoms with Crippen molar-refractivity contribution in [2.24, 2.45) is 0 Å². The van der Waals surface area contributed by atoms with Gasteiger partial charge in [0.2, 0.25) is 0 Å². The molecule has 1 saturated heterocycles. The Morgan fingerprint density at radius 1 is 1.29 bits per heavy atom. The standard InChI is InChI=1S/C15H9ClN2OS2/c16-11-4-1-5-12(8-11)18-14(19)13(21-15(18)20)7-10-3-2-6-17-9-10/h1-9H. The first-order valence-corrected chi connectivity index (χ1v) is 7.69. The van der Waals surface area contributed by atoms with E-state index < -0.39 is 0 Å². The van der Waals surface area contributed by atoms with Crippen LogP contribution in [0.25, 0.3) is 6.08 Å². The number of aromatic nitrogens is 1. The number of rotatable bonds is 2. The lowest BCUT2D eigenvalue weighted by Crippen LogP contribution is -2.27. The average Bonchev–Trinajstić information content (AvgIpc) is 2.74. The second-order valence-corrected chi connectivity index (χ2v) is 6.40. The van der Waals surface area contributed by atoms with Gasteiger partial charge in [0.15, 0.2) is 4.32 Å². The summed E-state index contributed by atoms with van der Waals surface area (Å²) in [6.07, 6.45) is 5.18. The zero-order valence-electron chi connectivity index (χ0n) is 10.7. The molecule has 0 N–H and O–H groups in total. The largest absolute Gasteiger partial charge is 0.270 e. The number of thioether (sulfide) groups is 1. The number of hydrogen-bond donors (Lipinski definition) is 0. The highest BCUT2D eigenvalue weighted by atomic mass is 35.5. The number of carbonyl (C=O) groups excluding carboxylic acids is 1. The van der Waals surface area contributed by atoms with E-state index in [4.69, 9.17) is 23.8 Å². The third-order valence-electron chi connectivity index (χ3n) is 2.84. The summed E-state index contributed by atoms with van der Waals surface area (Å²) in [5.41, 5.74) is 1.55. The maximum atomic E-state index is 12.5. The minimum absolute atomic E-state index is 0.142. The van der Waals surface area contributed by atoms with Crippen molar-refractivity contribution in [3.05, 3.63) is 64.3 Å². The molecule has 1 aromatic heterocycles. The number of carbonyl (C=O) groups is 1. The lowest BCUT2D eigenvalue weighted by Gasteiger charge is -2.14. The van der Waals surface area contributed by atoms with Gasteiger partial charge in [0.25, 0.3) is 5.91 Å². The smallest absolute Gasteiger partial charge is 0.268 e. The fourth-order valence-electron chi connectivity index (χ4n) is 1.92. The van der Waals surface area contributed by atoms with Gasteiger partial charge in [-0.2, -0.15) is 0 Å². The monoisotopic (exact) mass is 332 g/mol. The first-order chi connectivity index (χ1) is 10.1. The Bertz CT molecular complexity index is 746. The van der Waals surface area contributed by atoms with Crippen LogP contribution in [0.2, 0.25) is 5.02 Å². The molecule has 6 heteroatoms. The molecule has 21 heavy (non-hydrogen) atoms. The second kappa shape index (κ2) is 5.97. The summed E-state index contributed by atoms with van der Waals surface area (Å²) in [6.45, 7) is 0. The van der Waals surface area contributed by atoms with Crippen LogP contribution >= 0.6 is 35.6 Å². The molecule has 0 saturated carbocycles. The Balaban J connectivity index is 1.94. The minimum atomic E-state index is -0.142. The van der Waals surface area contributed by atoms with Gasteiger partial charge in [-0.05, 0) is 35.9 Å². The van der Waals surface area contributed by atoms with E-state index in [2.05, 4.69) is 4.98 Å². The molecule has 0 spiro atoms. The van der Waals surface area contributed by atoms with E-state index in [1.165, 1.54) is 16.7 Å². The second-order valence-electron chi connectivity index (χ2n) is 4.28. The highest BCUT2D eigenvalue weighted by Gasteiger charge is 2.33. The Labute approximate surface area is 136 Å². The van der Waals surface area contributed by atoms with Crippen molar-refractivity contribution in [1.82, 2.24) is 4.98 Å². The van der Waals surface area contributed by atoms with Crippen molar-refractivity contribution >= 4 is 57.6 Å². The summed E-state index contributed by atoms with van der Waals surface area (Å²) in [7, 11) is 0. The third-order valence-corrected chi connectivity index (χ3v) is 4.38. The average molecular weight is 333 g/mol. The summed E-state index contributed by atoms with van der Waals surface area (Å²) in [5, 5.41) is 0.567. The van der Waals surface area contributed by atoms with Crippen LogP contribution in [0.1, 0.15) is 5.56 Å². The fraction of sp³-hybridized carbons (Fsp3) is 0. The lowest BCUT2D eigenvalue weighted by molar-refractivity contribution is -0.113. The highest BCUT2D eigenvalue weighted by Crippen LogP contribution is 2.36. The van der Waals surface area contributed by atoms with Gasteiger partial charge >= 0.3 is 0 Å². The molecule has 1 aromatic carbocycles. The van der Waals surface area contributed by atoms with Gasteiger partial charge < -0.3 is 0 Å². The maximum absolute atomic E-state index is 12.5. The summed E-state index contributed by atoms with van der Waals surface area (Å²) in [5.74, 6) is -0.142. The molecular weight excluding hydrogens is 324 g/mol. The van der Waals surface area contributed by atoms with Crippen LogP contribution in [0.4, 0.5) is 5.69 Å². The van der Waals surface area contributed by atoms with Crippen LogP contribution in [0, 0.1) is 0 Å². The van der Waals surface area contributed by atoms with Gasteiger partial charge in [-0.3, -0.25) is 14.7 Å². The molecule has 0 bridgehead atoms. The van der Waals surface area contributed by atoms with Crippen LogP contribution in [0.15, 0.2) is 53.7 Å². The molecule has 0 unspecified atom stereocenters. The van der Waals surface area contributed by atoms with Crippen molar-refractivity contribution in [2.75, 3.05) is 4.90 Å². The topological polar surface area (TPSA) is 33.2 Å². The molecule has 1 fully saturated rings. The van der Waals surface area contributed by atoms with Crippen LogP contribution in [-0.4, -0.2) is 15.2 Å². The third kappa shape index (κ3) is 3.00. The van der Waals surface area contributed by atoms with Crippen molar-refractivity contribution in [2.45, 2.75) is 0 Å². The molecule has 104 valence electrons. The molecule has 1 amide bonds. The molecule has 3 nitrogen and oxygen atoms in total. The highest BCUT2D eigenvalue weighted by molar-refractivity contribution is 8.27. The molecule has 1 aliphatic rings.